The first-order chi connectivity index (χ1) is 8.88. The van der Waals surface area contributed by atoms with E-state index in [9.17, 15) is 0 Å². The molecular weight excluding hydrogens is 224 g/mol. The first kappa shape index (κ1) is 14.0. The molecule has 2 rings (SSSR count). The van der Waals surface area contributed by atoms with E-state index in [-0.39, 0.29) is 0 Å². The van der Waals surface area contributed by atoms with Crippen molar-refractivity contribution in [1.29, 1.82) is 0 Å². The normalized spacial score (nSPS) is 24.4. The van der Waals surface area contributed by atoms with E-state index in [0.29, 0.717) is 0 Å². The van der Waals surface area contributed by atoms with Crippen molar-refractivity contribution in [2.75, 3.05) is 65.4 Å². The lowest BCUT2D eigenvalue weighted by Crippen LogP contribution is -2.45. The molecule has 0 radical (unpaired) electrons. The third kappa shape index (κ3) is 4.69. The number of hydrogen-bond acceptors (Lipinski definition) is 4. The van der Waals surface area contributed by atoms with Crippen LogP contribution in [-0.2, 0) is 0 Å². The minimum atomic E-state index is 1.15. The van der Waals surface area contributed by atoms with Gasteiger partial charge in [-0.3, -0.25) is 4.90 Å². The molecule has 4 nitrogen and oxygen atoms in total. The summed E-state index contributed by atoms with van der Waals surface area (Å²) in [6, 6.07) is 0. The molecule has 2 heterocycles. The van der Waals surface area contributed by atoms with Gasteiger partial charge in [-0.1, -0.05) is 11.6 Å². The topological polar surface area (TPSA) is 30.5 Å². The summed E-state index contributed by atoms with van der Waals surface area (Å²) in [6.07, 6.45) is 3.56. The van der Waals surface area contributed by atoms with Gasteiger partial charge in [0.25, 0.3) is 0 Å². The zero-order chi connectivity index (χ0) is 12.6. The van der Waals surface area contributed by atoms with Crippen LogP contribution in [0.5, 0.6) is 0 Å². The molecule has 0 aliphatic carbocycles. The Hall–Kier alpha value is -0.420. The maximum atomic E-state index is 3.41. The number of rotatable bonds is 5. The molecule has 2 saturated heterocycles. The van der Waals surface area contributed by atoms with Gasteiger partial charge in [0.15, 0.2) is 0 Å². The molecule has 0 aromatic rings. The molecule has 18 heavy (non-hydrogen) atoms. The Balaban J connectivity index is 1.68. The molecule has 0 aromatic heterocycles. The highest BCUT2D eigenvalue weighted by atomic mass is 15.2. The molecule has 0 amide bonds. The molecule has 104 valence electrons. The standard InChI is InChI=1S/C14H28N4/c1-2-14(13-18-11-6-16-7-12-18)3-8-17-9-4-15-5-10-17/h2,15-16H,3-13H2,1H3/b14-2-. The molecule has 0 unspecified atom stereocenters. The van der Waals surface area contributed by atoms with Crippen LogP contribution in [-0.4, -0.2) is 75.2 Å². The number of hydrogen-bond donors (Lipinski definition) is 2. The Kier molecular flexibility index (Phi) is 6.14. The van der Waals surface area contributed by atoms with Crippen LogP contribution in [0, 0.1) is 0 Å². The Morgan fingerprint density at radius 2 is 1.50 bits per heavy atom. The predicted octanol–water partition coefficient (Wildman–Crippen LogP) is 0.133. The summed E-state index contributed by atoms with van der Waals surface area (Å²) in [4.78, 5) is 5.15. The fourth-order valence-electron chi connectivity index (χ4n) is 2.71. The van der Waals surface area contributed by atoms with Crippen LogP contribution in [0.15, 0.2) is 11.6 Å². The van der Waals surface area contributed by atoms with Gasteiger partial charge >= 0.3 is 0 Å². The van der Waals surface area contributed by atoms with Gasteiger partial charge in [0.2, 0.25) is 0 Å². The zero-order valence-corrected chi connectivity index (χ0v) is 11.7. The Morgan fingerprint density at radius 3 is 2.06 bits per heavy atom. The number of nitrogens with zero attached hydrogens (tertiary/aromatic N) is 2. The van der Waals surface area contributed by atoms with Crippen molar-refractivity contribution in [3.8, 4) is 0 Å². The molecule has 2 N–H and O–H groups in total. The van der Waals surface area contributed by atoms with Crippen LogP contribution < -0.4 is 10.6 Å². The average molecular weight is 252 g/mol. The van der Waals surface area contributed by atoms with Crippen LogP contribution in [0.1, 0.15) is 13.3 Å². The van der Waals surface area contributed by atoms with Gasteiger partial charge in [0.05, 0.1) is 0 Å². The van der Waals surface area contributed by atoms with E-state index in [2.05, 4.69) is 33.4 Å². The van der Waals surface area contributed by atoms with Crippen molar-refractivity contribution in [1.82, 2.24) is 20.4 Å². The molecular formula is C14H28N4. The van der Waals surface area contributed by atoms with E-state index in [1.165, 1.54) is 45.7 Å². The van der Waals surface area contributed by atoms with Gasteiger partial charge < -0.3 is 15.5 Å². The van der Waals surface area contributed by atoms with E-state index >= 15 is 0 Å². The Morgan fingerprint density at radius 1 is 0.944 bits per heavy atom. The fraction of sp³-hybridized carbons (Fsp3) is 0.857. The largest absolute Gasteiger partial charge is 0.314 e. The highest BCUT2D eigenvalue weighted by Gasteiger charge is 2.13. The molecule has 2 fully saturated rings. The van der Waals surface area contributed by atoms with Gasteiger partial charge in [-0.05, 0) is 13.3 Å². The van der Waals surface area contributed by atoms with Crippen molar-refractivity contribution < 1.29 is 0 Å². The van der Waals surface area contributed by atoms with Crippen molar-refractivity contribution in [2.24, 2.45) is 0 Å². The minimum absolute atomic E-state index is 1.15. The highest BCUT2D eigenvalue weighted by Crippen LogP contribution is 2.07. The van der Waals surface area contributed by atoms with Gasteiger partial charge in [-0.25, -0.2) is 0 Å². The molecule has 0 atom stereocenters. The molecule has 0 bridgehead atoms. The number of allylic oxidation sites excluding steroid dienone is 1. The van der Waals surface area contributed by atoms with Crippen LogP contribution >= 0.6 is 0 Å². The quantitative estimate of drug-likeness (QED) is 0.681. The summed E-state index contributed by atoms with van der Waals surface area (Å²) in [5.74, 6) is 0. The zero-order valence-electron chi connectivity index (χ0n) is 11.7. The minimum Gasteiger partial charge on any atom is -0.314 e. The van der Waals surface area contributed by atoms with Crippen LogP contribution in [0.2, 0.25) is 0 Å². The Bertz CT molecular complexity index is 253. The second-order valence-electron chi connectivity index (χ2n) is 5.31. The Labute approximate surface area is 111 Å². The SMILES string of the molecule is C/C=C(/CCN1CCNCC1)CN1CCNCC1. The highest BCUT2D eigenvalue weighted by molar-refractivity contribution is 5.04. The third-order valence-corrected chi connectivity index (χ3v) is 4.00. The monoisotopic (exact) mass is 252 g/mol. The first-order valence-electron chi connectivity index (χ1n) is 7.38. The van der Waals surface area contributed by atoms with Gasteiger partial charge in [0.1, 0.15) is 0 Å². The lowest BCUT2D eigenvalue weighted by atomic mass is 10.1. The van der Waals surface area contributed by atoms with Gasteiger partial charge in [-0.15, -0.1) is 0 Å². The number of piperazine rings is 2. The van der Waals surface area contributed by atoms with E-state index < -0.39 is 0 Å². The van der Waals surface area contributed by atoms with Crippen LogP contribution in [0.25, 0.3) is 0 Å². The van der Waals surface area contributed by atoms with Gasteiger partial charge in [-0.2, -0.15) is 0 Å². The predicted molar refractivity (Wildman–Crippen MR) is 77.0 cm³/mol. The lowest BCUT2D eigenvalue weighted by Gasteiger charge is -2.30. The molecule has 4 heteroatoms. The summed E-state index contributed by atoms with van der Waals surface area (Å²) in [5.41, 5.74) is 1.61. The second-order valence-corrected chi connectivity index (χ2v) is 5.31. The second kappa shape index (κ2) is 7.89. The summed E-state index contributed by atoms with van der Waals surface area (Å²) in [5, 5.41) is 6.82. The number of nitrogens with one attached hydrogen (secondary N) is 2. The van der Waals surface area contributed by atoms with E-state index in [0.717, 1.165) is 26.2 Å². The van der Waals surface area contributed by atoms with E-state index in [1.807, 2.05) is 0 Å². The average Bonchev–Trinajstić information content (AvgIpc) is 2.45. The molecule has 0 saturated carbocycles. The summed E-state index contributed by atoms with van der Waals surface area (Å²) >= 11 is 0. The van der Waals surface area contributed by atoms with Crippen LogP contribution in [0.4, 0.5) is 0 Å². The smallest absolute Gasteiger partial charge is 0.0194 e. The fourth-order valence-corrected chi connectivity index (χ4v) is 2.71. The maximum absolute atomic E-state index is 3.41. The van der Waals surface area contributed by atoms with Crippen molar-refractivity contribution >= 4 is 0 Å². The molecule has 2 aliphatic rings. The molecule has 0 spiro atoms. The molecule has 2 aliphatic heterocycles. The van der Waals surface area contributed by atoms with Crippen molar-refractivity contribution in [3.63, 3.8) is 0 Å². The van der Waals surface area contributed by atoms with E-state index in [4.69, 9.17) is 0 Å². The summed E-state index contributed by atoms with van der Waals surface area (Å²) in [7, 11) is 0. The third-order valence-electron chi connectivity index (χ3n) is 4.00. The van der Waals surface area contributed by atoms with Crippen molar-refractivity contribution in [3.05, 3.63) is 11.6 Å². The van der Waals surface area contributed by atoms with E-state index in [1.54, 1.807) is 5.57 Å². The first-order valence-corrected chi connectivity index (χ1v) is 7.38. The summed E-state index contributed by atoms with van der Waals surface area (Å²) < 4.78 is 0. The summed E-state index contributed by atoms with van der Waals surface area (Å²) in [6.45, 7) is 14.0. The van der Waals surface area contributed by atoms with Gasteiger partial charge in [0, 0.05) is 65.4 Å². The van der Waals surface area contributed by atoms with Crippen LogP contribution in [0.3, 0.4) is 0 Å². The van der Waals surface area contributed by atoms with Crippen molar-refractivity contribution in [2.45, 2.75) is 13.3 Å². The lowest BCUT2D eigenvalue weighted by molar-refractivity contribution is 0.233. The molecule has 0 aromatic carbocycles. The maximum Gasteiger partial charge on any atom is 0.0194 e.